The van der Waals surface area contributed by atoms with Gasteiger partial charge in [0.05, 0.1) is 11.6 Å². The van der Waals surface area contributed by atoms with E-state index in [0.717, 1.165) is 23.9 Å². The van der Waals surface area contributed by atoms with Gasteiger partial charge in [0.15, 0.2) is 5.65 Å². The number of carboxylic acids is 1. The van der Waals surface area contributed by atoms with Crippen molar-refractivity contribution >= 4 is 22.8 Å². The summed E-state index contributed by atoms with van der Waals surface area (Å²) in [5.74, 6) is -0.0298. The zero-order valence-corrected chi connectivity index (χ0v) is 11.5. The number of rotatable bonds is 2. The third kappa shape index (κ3) is 1.90. The smallest absolute Gasteiger partial charge is 0.326 e. The number of hydrogen-bond donors (Lipinski definition) is 1. The Morgan fingerprint density at radius 3 is 3.00 bits per heavy atom. The van der Waals surface area contributed by atoms with Gasteiger partial charge in [-0.05, 0) is 18.8 Å². The molecule has 0 saturated carbocycles. The van der Waals surface area contributed by atoms with E-state index in [0.29, 0.717) is 12.4 Å². The highest BCUT2D eigenvalue weighted by molar-refractivity contribution is 5.89. The van der Waals surface area contributed by atoms with Crippen molar-refractivity contribution in [2.75, 3.05) is 11.4 Å². The third-order valence-electron chi connectivity index (χ3n) is 3.97. The molecule has 7 nitrogen and oxygen atoms in total. The lowest BCUT2D eigenvalue weighted by molar-refractivity contribution is -0.140. The zero-order chi connectivity index (χ0) is 14.3. The van der Waals surface area contributed by atoms with Gasteiger partial charge in [0, 0.05) is 13.6 Å². The molecule has 0 radical (unpaired) electrons. The first-order chi connectivity index (χ1) is 9.59. The average molecular weight is 275 g/mol. The van der Waals surface area contributed by atoms with Crippen LogP contribution < -0.4 is 4.90 Å². The van der Waals surface area contributed by atoms with Gasteiger partial charge in [0.1, 0.15) is 18.2 Å². The molecule has 1 fully saturated rings. The van der Waals surface area contributed by atoms with Crippen molar-refractivity contribution in [2.24, 2.45) is 13.0 Å². The first-order valence-electron chi connectivity index (χ1n) is 6.71. The van der Waals surface area contributed by atoms with Crippen LogP contribution in [0, 0.1) is 5.92 Å². The van der Waals surface area contributed by atoms with E-state index in [-0.39, 0.29) is 5.92 Å². The molecule has 1 aliphatic rings. The molecule has 1 saturated heterocycles. The van der Waals surface area contributed by atoms with E-state index in [9.17, 15) is 9.90 Å². The Morgan fingerprint density at radius 1 is 1.45 bits per heavy atom. The predicted octanol–water partition coefficient (Wildman–Crippen LogP) is 1.05. The minimum atomic E-state index is -0.798. The number of piperidine rings is 1. The quantitative estimate of drug-likeness (QED) is 0.882. The summed E-state index contributed by atoms with van der Waals surface area (Å²) in [6.45, 7) is 2.68. The maximum Gasteiger partial charge on any atom is 0.326 e. The van der Waals surface area contributed by atoms with Crippen molar-refractivity contribution in [1.29, 1.82) is 0 Å². The topological polar surface area (TPSA) is 84.1 Å². The number of aryl methyl sites for hydroxylation is 1. The van der Waals surface area contributed by atoms with Crippen LogP contribution in [0.15, 0.2) is 12.5 Å². The van der Waals surface area contributed by atoms with E-state index in [1.54, 1.807) is 10.9 Å². The van der Waals surface area contributed by atoms with Crippen LogP contribution in [0.2, 0.25) is 0 Å². The summed E-state index contributed by atoms with van der Waals surface area (Å²) >= 11 is 0. The molecule has 1 aliphatic heterocycles. The van der Waals surface area contributed by atoms with Gasteiger partial charge in [-0.25, -0.2) is 14.8 Å². The largest absolute Gasteiger partial charge is 0.480 e. The predicted molar refractivity (Wildman–Crippen MR) is 73.5 cm³/mol. The summed E-state index contributed by atoms with van der Waals surface area (Å²) in [5, 5.41) is 14.5. The monoisotopic (exact) mass is 275 g/mol. The second-order valence-corrected chi connectivity index (χ2v) is 5.30. The number of aromatic nitrogens is 4. The van der Waals surface area contributed by atoms with Crippen LogP contribution in [0.25, 0.3) is 11.0 Å². The molecule has 0 aliphatic carbocycles. The summed E-state index contributed by atoms with van der Waals surface area (Å²) in [6, 6.07) is -0.540. The molecule has 2 aromatic rings. The van der Waals surface area contributed by atoms with Crippen molar-refractivity contribution in [3.8, 4) is 0 Å². The highest BCUT2D eigenvalue weighted by Crippen LogP contribution is 2.31. The molecule has 3 rings (SSSR count). The Morgan fingerprint density at radius 2 is 2.25 bits per heavy atom. The molecule has 20 heavy (non-hydrogen) atoms. The van der Waals surface area contributed by atoms with Gasteiger partial charge in [0.25, 0.3) is 0 Å². The van der Waals surface area contributed by atoms with E-state index in [4.69, 9.17) is 0 Å². The summed E-state index contributed by atoms with van der Waals surface area (Å²) < 4.78 is 1.67. The highest BCUT2D eigenvalue weighted by atomic mass is 16.4. The number of nitrogens with zero attached hydrogens (tertiary/aromatic N) is 5. The maximum atomic E-state index is 11.6. The van der Waals surface area contributed by atoms with Crippen LogP contribution in [0.5, 0.6) is 0 Å². The molecular weight excluding hydrogens is 258 g/mol. The van der Waals surface area contributed by atoms with Crippen molar-refractivity contribution in [3.63, 3.8) is 0 Å². The Kier molecular flexibility index (Phi) is 3.04. The van der Waals surface area contributed by atoms with Crippen molar-refractivity contribution in [2.45, 2.75) is 25.8 Å². The van der Waals surface area contributed by atoms with E-state index < -0.39 is 12.0 Å². The Bertz CT molecular complexity index is 653. The SMILES string of the molecule is CC1CCCN(c2ncnc3c2cnn3C)C1C(=O)O. The third-order valence-corrected chi connectivity index (χ3v) is 3.97. The Balaban J connectivity index is 2.11. The van der Waals surface area contributed by atoms with Crippen LogP contribution in [-0.4, -0.2) is 43.4 Å². The Hall–Kier alpha value is -2.18. The molecule has 2 aromatic heterocycles. The molecule has 0 aromatic carbocycles. The molecule has 1 N–H and O–H groups in total. The molecule has 7 heteroatoms. The fourth-order valence-electron chi connectivity index (χ4n) is 2.98. The number of anilines is 1. The van der Waals surface area contributed by atoms with Crippen molar-refractivity contribution in [3.05, 3.63) is 12.5 Å². The second kappa shape index (κ2) is 4.73. The second-order valence-electron chi connectivity index (χ2n) is 5.30. The molecule has 2 unspecified atom stereocenters. The summed E-state index contributed by atoms with van der Waals surface area (Å²) in [6.07, 6.45) is 5.06. The normalized spacial score (nSPS) is 23.2. The van der Waals surface area contributed by atoms with E-state index in [2.05, 4.69) is 15.1 Å². The van der Waals surface area contributed by atoms with Crippen LogP contribution in [0.1, 0.15) is 19.8 Å². The van der Waals surface area contributed by atoms with Crippen LogP contribution in [0.4, 0.5) is 5.82 Å². The lowest BCUT2D eigenvalue weighted by Crippen LogP contribution is -2.49. The fraction of sp³-hybridized carbons (Fsp3) is 0.538. The standard InChI is InChI=1S/C13H17N5O2/c1-8-4-3-5-18(10(8)13(19)20)12-9-6-16-17(2)11(9)14-7-15-12/h6-8,10H,3-5H2,1-2H3,(H,19,20). The van der Waals surface area contributed by atoms with E-state index >= 15 is 0 Å². The number of aliphatic carboxylic acids is 1. The van der Waals surface area contributed by atoms with Gasteiger partial charge in [0.2, 0.25) is 0 Å². The molecule has 3 heterocycles. The fourth-order valence-corrected chi connectivity index (χ4v) is 2.98. The highest BCUT2D eigenvalue weighted by Gasteiger charge is 2.36. The number of carboxylic acid groups (broad SMARTS) is 1. The van der Waals surface area contributed by atoms with Crippen molar-refractivity contribution in [1.82, 2.24) is 19.7 Å². The van der Waals surface area contributed by atoms with Crippen LogP contribution in [-0.2, 0) is 11.8 Å². The van der Waals surface area contributed by atoms with Gasteiger partial charge in [-0.1, -0.05) is 6.92 Å². The summed E-state index contributed by atoms with van der Waals surface area (Å²) in [7, 11) is 1.81. The van der Waals surface area contributed by atoms with Crippen molar-refractivity contribution < 1.29 is 9.90 Å². The first kappa shape index (κ1) is 12.8. The number of hydrogen-bond acceptors (Lipinski definition) is 5. The molecule has 0 spiro atoms. The summed E-state index contributed by atoms with van der Waals surface area (Å²) in [4.78, 5) is 22.0. The van der Waals surface area contributed by atoms with Gasteiger partial charge in [-0.2, -0.15) is 5.10 Å². The average Bonchev–Trinajstić information content (AvgIpc) is 2.80. The number of fused-ring (bicyclic) bond motifs is 1. The first-order valence-corrected chi connectivity index (χ1v) is 6.71. The van der Waals surface area contributed by atoms with E-state index in [1.807, 2.05) is 18.9 Å². The van der Waals surface area contributed by atoms with Gasteiger partial charge < -0.3 is 10.0 Å². The maximum absolute atomic E-state index is 11.6. The summed E-state index contributed by atoms with van der Waals surface area (Å²) in [5.41, 5.74) is 0.720. The Labute approximate surface area is 116 Å². The lowest BCUT2D eigenvalue weighted by Gasteiger charge is -2.38. The molecule has 106 valence electrons. The minimum Gasteiger partial charge on any atom is -0.480 e. The molecular formula is C13H17N5O2. The lowest BCUT2D eigenvalue weighted by atomic mass is 9.90. The minimum absolute atomic E-state index is 0.0999. The van der Waals surface area contributed by atoms with Crippen LogP contribution in [0.3, 0.4) is 0 Å². The molecule has 2 atom stereocenters. The zero-order valence-electron chi connectivity index (χ0n) is 11.5. The van der Waals surface area contributed by atoms with Gasteiger partial charge in [-0.15, -0.1) is 0 Å². The van der Waals surface area contributed by atoms with E-state index in [1.165, 1.54) is 6.33 Å². The van der Waals surface area contributed by atoms with Gasteiger partial charge >= 0.3 is 5.97 Å². The number of carbonyl (C=O) groups is 1. The molecule has 0 amide bonds. The van der Waals surface area contributed by atoms with Crippen LogP contribution >= 0.6 is 0 Å². The molecule has 0 bridgehead atoms. The van der Waals surface area contributed by atoms with Gasteiger partial charge in [-0.3, -0.25) is 4.68 Å².